The molecule has 2 fully saturated rings. The van der Waals surface area contributed by atoms with Crippen molar-refractivity contribution in [1.29, 1.82) is 0 Å². The maximum absolute atomic E-state index is 15.1. The zero-order valence-electron chi connectivity index (χ0n) is 17.6. The summed E-state index contributed by atoms with van der Waals surface area (Å²) in [6, 6.07) is 4.23. The van der Waals surface area contributed by atoms with Gasteiger partial charge < -0.3 is 0 Å². The van der Waals surface area contributed by atoms with E-state index in [9.17, 15) is 0 Å². The van der Waals surface area contributed by atoms with E-state index < -0.39 is 0 Å². The van der Waals surface area contributed by atoms with E-state index in [4.69, 9.17) is 0 Å². The fourth-order valence-corrected chi connectivity index (χ4v) is 6.57. The average Bonchev–Trinajstić information content (AvgIpc) is 2.70. The summed E-state index contributed by atoms with van der Waals surface area (Å²) in [7, 11) is 0. The lowest BCUT2D eigenvalue weighted by molar-refractivity contribution is 0.115. The molecule has 3 aliphatic rings. The van der Waals surface area contributed by atoms with Crippen LogP contribution in [-0.4, -0.2) is 0 Å². The van der Waals surface area contributed by atoms with E-state index in [1.807, 2.05) is 6.07 Å². The summed E-state index contributed by atoms with van der Waals surface area (Å²) in [5.41, 5.74) is 3.86. The van der Waals surface area contributed by atoms with Crippen molar-refractivity contribution in [2.24, 2.45) is 23.7 Å². The summed E-state index contributed by atoms with van der Waals surface area (Å²) in [5, 5.41) is 0. The fourth-order valence-electron chi connectivity index (χ4n) is 6.57. The number of halogens is 1. The van der Waals surface area contributed by atoms with Crippen LogP contribution in [0.15, 0.2) is 12.1 Å². The molecule has 5 atom stereocenters. The van der Waals surface area contributed by atoms with Crippen molar-refractivity contribution in [1.82, 2.24) is 0 Å². The van der Waals surface area contributed by atoms with Gasteiger partial charge in [0.1, 0.15) is 5.82 Å². The van der Waals surface area contributed by atoms with Gasteiger partial charge in [-0.3, -0.25) is 0 Å². The van der Waals surface area contributed by atoms with E-state index in [1.165, 1.54) is 88.2 Å². The van der Waals surface area contributed by atoms with Crippen LogP contribution in [-0.2, 0) is 12.8 Å². The van der Waals surface area contributed by atoms with Gasteiger partial charge in [-0.2, -0.15) is 0 Å². The molecule has 0 saturated heterocycles. The van der Waals surface area contributed by atoms with Crippen LogP contribution in [0.1, 0.15) is 107 Å². The predicted molar refractivity (Wildman–Crippen MR) is 113 cm³/mol. The van der Waals surface area contributed by atoms with Crippen molar-refractivity contribution >= 4 is 0 Å². The number of hydrogen-bond donors (Lipinski definition) is 0. The van der Waals surface area contributed by atoms with Gasteiger partial charge >= 0.3 is 0 Å². The third-order valence-electron chi connectivity index (χ3n) is 8.35. The molecule has 1 aromatic carbocycles. The Bertz CT molecular complexity index is 633. The van der Waals surface area contributed by atoms with Gasteiger partial charge in [0.25, 0.3) is 0 Å². The molecule has 5 unspecified atom stereocenters. The SMILES string of the molecule is CCCCC1CCc2cc(C3CCC4CC(CC)CCC4C3)c(F)cc2C1. The van der Waals surface area contributed by atoms with Crippen molar-refractivity contribution < 1.29 is 4.39 Å². The number of hydrogen-bond acceptors (Lipinski definition) is 0. The second kappa shape index (κ2) is 8.66. The summed E-state index contributed by atoms with van der Waals surface area (Å²) in [6.45, 7) is 4.62. The molecule has 0 bridgehead atoms. The number of aryl methyl sites for hydroxylation is 1. The molecule has 2 saturated carbocycles. The first-order chi connectivity index (χ1) is 13.2. The highest BCUT2D eigenvalue weighted by molar-refractivity contribution is 5.37. The first-order valence-corrected chi connectivity index (χ1v) is 12.0. The average molecular weight is 371 g/mol. The molecule has 1 aromatic rings. The molecule has 0 N–H and O–H groups in total. The van der Waals surface area contributed by atoms with E-state index in [1.54, 1.807) is 0 Å². The Morgan fingerprint density at radius 2 is 1.70 bits per heavy atom. The van der Waals surface area contributed by atoms with Crippen molar-refractivity contribution in [3.63, 3.8) is 0 Å². The Kier molecular flexibility index (Phi) is 6.25. The van der Waals surface area contributed by atoms with Crippen LogP contribution in [0.4, 0.5) is 4.39 Å². The van der Waals surface area contributed by atoms with Crippen LogP contribution in [0.3, 0.4) is 0 Å². The molecule has 1 heteroatoms. The minimum absolute atomic E-state index is 0.107. The van der Waals surface area contributed by atoms with Crippen LogP contribution in [0.5, 0.6) is 0 Å². The second-order valence-electron chi connectivity index (χ2n) is 10.0. The van der Waals surface area contributed by atoms with E-state index in [-0.39, 0.29) is 5.82 Å². The number of unbranched alkanes of at least 4 members (excludes halogenated alkanes) is 1. The topological polar surface area (TPSA) is 0 Å². The van der Waals surface area contributed by atoms with E-state index in [0.29, 0.717) is 5.92 Å². The highest BCUT2D eigenvalue weighted by atomic mass is 19.1. The standard InChI is InChI=1S/C26H39F/c1-3-5-6-19-8-10-22-16-25(26(27)17-24(22)14-19)23-12-11-20-13-18(4-2)7-9-21(20)15-23/h16-21,23H,3-15H2,1-2H3. The van der Waals surface area contributed by atoms with Crippen molar-refractivity contribution in [2.45, 2.75) is 103 Å². The van der Waals surface area contributed by atoms with Gasteiger partial charge in [0, 0.05) is 0 Å². The Morgan fingerprint density at radius 3 is 2.52 bits per heavy atom. The van der Waals surface area contributed by atoms with E-state index in [2.05, 4.69) is 19.9 Å². The zero-order valence-corrected chi connectivity index (χ0v) is 17.6. The second-order valence-corrected chi connectivity index (χ2v) is 10.0. The van der Waals surface area contributed by atoms with Gasteiger partial charge in [0.2, 0.25) is 0 Å². The summed E-state index contributed by atoms with van der Waals surface area (Å²) >= 11 is 0. The number of fused-ring (bicyclic) bond motifs is 2. The molecule has 150 valence electrons. The minimum Gasteiger partial charge on any atom is -0.207 e. The van der Waals surface area contributed by atoms with E-state index in [0.717, 1.165) is 35.7 Å². The maximum Gasteiger partial charge on any atom is 0.126 e. The quantitative estimate of drug-likeness (QED) is 0.495. The Hall–Kier alpha value is -0.850. The number of benzene rings is 1. The van der Waals surface area contributed by atoms with Crippen molar-refractivity contribution in [3.05, 3.63) is 34.6 Å². The zero-order chi connectivity index (χ0) is 18.8. The lowest BCUT2D eigenvalue weighted by Crippen LogP contribution is -2.30. The molecule has 0 amide bonds. The van der Waals surface area contributed by atoms with Crippen molar-refractivity contribution in [2.75, 3.05) is 0 Å². The first-order valence-electron chi connectivity index (χ1n) is 12.0. The molecule has 3 aliphatic carbocycles. The third kappa shape index (κ3) is 4.28. The molecule has 27 heavy (non-hydrogen) atoms. The Labute approximate surface area is 166 Å². The molecule has 0 nitrogen and oxygen atoms in total. The van der Waals surface area contributed by atoms with Gasteiger partial charge in [0.05, 0.1) is 0 Å². The van der Waals surface area contributed by atoms with Gasteiger partial charge in [-0.05, 0) is 104 Å². The molecule has 4 rings (SSSR count). The van der Waals surface area contributed by atoms with Crippen LogP contribution in [0, 0.1) is 29.5 Å². The first kappa shape index (κ1) is 19.5. The molecule has 0 spiro atoms. The predicted octanol–water partition coefficient (Wildman–Crippen LogP) is 7.83. The van der Waals surface area contributed by atoms with Crippen LogP contribution < -0.4 is 0 Å². The summed E-state index contributed by atoms with van der Waals surface area (Å²) < 4.78 is 15.1. The number of rotatable bonds is 5. The van der Waals surface area contributed by atoms with Crippen LogP contribution in [0.25, 0.3) is 0 Å². The van der Waals surface area contributed by atoms with Crippen molar-refractivity contribution in [3.8, 4) is 0 Å². The summed E-state index contributed by atoms with van der Waals surface area (Å²) in [6.07, 6.45) is 16.9. The van der Waals surface area contributed by atoms with Crippen LogP contribution in [0.2, 0.25) is 0 Å². The van der Waals surface area contributed by atoms with Gasteiger partial charge in [-0.1, -0.05) is 52.0 Å². The summed E-state index contributed by atoms with van der Waals surface area (Å²) in [4.78, 5) is 0. The lowest BCUT2D eigenvalue weighted by atomic mass is 9.63. The highest BCUT2D eigenvalue weighted by Crippen LogP contribution is 2.49. The maximum atomic E-state index is 15.1. The summed E-state index contributed by atoms with van der Waals surface area (Å²) in [5.74, 6) is 4.12. The lowest BCUT2D eigenvalue weighted by Gasteiger charge is -2.42. The van der Waals surface area contributed by atoms with E-state index >= 15 is 4.39 Å². The highest BCUT2D eigenvalue weighted by Gasteiger charge is 2.36. The Balaban J connectivity index is 1.44. The largest absolute Gasteiger partial charge is 0.207 e. The van der Waals surface area contributed by atoms with Gasteiger partial charge in [-0.25, -0.2) is 4.39 Å². The minimum atomic E-state index is 0.107. The monoisotopic (exact) mass is 370 g/mol. The Morgan fingerprint density at radius 1 is 0.889 bits per heavy atom. The van der Waals surface area contributed by atoms with Gasteiger partial charge in [0.15, 0.2) is 0 Å². The van der Waals surface area contributed by atoms with Gasteiger partial charge in [-0.15, -0.1) is 0 Å². The normalized spacial score (nSPS) is 33.4. The fraction of sp³-hybridized carbons (Fsp3) is 0.769. The molecular weight excluding hydrogens is 331 g/mol. The molecule has 0 heterocycles. The molecule has 0 aliphatic heterocycles. The molecular formula is C26H39F. The third-order valence-corrected chi connectivity index (χ3v) is 8.35. The smallest absolute Gasteiger partial charge is 0.126 e. The molecule has 0 radical (unpaired) electrons. The molecule has 0 aromatic heterocycles. The van der Waals surface area contributed by atoms with Crippen LogP contribution >= 0.6 is 0 Å².